The van der Waals surface area contributed by atoms with E-state index in [0.29, 0.717) is 36.7 Å². The maximum atomic E-state index is 12.4. The molecule has 1 aliphatic heterocycles. The highest BCUT2D eigenvalue weighted by molar-refractivity contribution is 5.97. The molecular weight excluding hydrogens is 386 g/mol. The molecule has 2 aromatic rings. The van der Waals surface area contributed by atoms with Crippen molar-refractivity contribution >= 4 is 17.6 Å². The summed E-state index contributed by atoms with van der Waals surface area (Å²) in [5.41, 5.74) is 1.81. The fraction of sp³-hybridized carbons (Fsp3) is 0.364. The van der Waals surface area contributed by atoms with Crippen molar-refractivity contribution in [2.75, 3.05) is 39.3 Å². The summed E-state index contributed by atoms with van der Waals surface area (Å²) in [7, 11) is 4.74. The van der Waals surface area contributed by atoms with Gasteiger partial charge in [-0.25, -0.2) is 4.79 Å². The fourth-order valence-corrected chi connectivity index (χ4v) is 3.40. The van der Waals surface area contributed by atoms with Crippen LogP contribution in [-0.4, -0.2) is 52.4 Å². The summed E-state index contributed by atoms with van der Waals surface area (Å²) in [6, 6.07) is 12.5. The van der Waals surface area contributed by atoms with E-state index < -0.39 is 0 Å². The molecule has 3 rings (SSSR count). The van der Waals surface area contributed by atoms with Crippen LogP contribution in [0.4, 0.5) is 10.5 Å². The third kappa shape index (κ3) is 5.14. The van der Waals surface area contributed by atoms with E-state index in [2.05, 4.69) is 10.6 Å². The summed E-state index contributed by atoms with van der Waals surface area (Å²) in [6.45, 7) is 0.901. The van der Waals surface area contributed by atoms with E-state index in [4.69, 9.17) is 14.2 Å². The molecule has 1 atom stereocenters. The van der Waals surface area contributed by atoms with Crippen molar-refractivity contribution in [2.45, 2.75) is 18.9 Å². The van der Waals surface area contributed by atoms with E-state index in [0.717, 1.165) is 11.3 Å². The van der Waals surface area contributed by atoms with Gasteiger partial charge in [-0.1, -0.05) is 12.1 Å². The molecule has 1 saturated heterocycles. The van der Waals surface area contributed by atoms with E-state index in [-0.39, 0.29) is 24.4 Å². The van der Waals surface area contributed by atoms with Gasteiger partial charge >= 0.3 is 6.03 Å². The number of rotatable bonds is 8. The largest absolute Gasteiger partial charge is 0.497 e. The zero-order valence-electron chi connectivity index (χ0n) is 17.4. The number of carbonyl (C=O) groups is 2. The standard InChI is InChI=1S/C22H27N3O5/c1-28-18-7-4-15(5-8-18)10-11-23-22(27)24-16-12-21(26)25(14-16)17-6-9-19(29-2)20(13-17)30-3/h4-9,13,16H,10-12,14H2,1-3H3,(H2,23,24,27). The second kappa shape index (κ2) is 9.87. The maximum Gasteiger partial charge on any atom is 0.315 e. The lowest BCUT2D eigenvalue weighted by atomic mass is 10.1. The van der Waals surface area contributed by atoms with Gasteiger partial charge in [0, 0.05) is 31.3 Å². The van der Waals surface area contributed by atoms with Crippen molar-refractivity contribution in [3.8, 4) is 17.2 Å². The van der Waals surface area contributed by atoms with Gasteiger partial charge in [-0.2, -0.15) is 0 Å². The quantitative estimate of drug-likeness (QED) is 0.694. The predicted octanol–water partition coefficient (Wildman–Crippen LogP) is 2.36. The molecule has 8 heteroatoms. The Morgan fingerprint density at radius 1 is 1.03 bits per heavy atom. The second-order valence-electron chi connectivity index (χ2n) is 6.94. The molecule has 1 fully saturated rings. The number of urea groups is 1. The Morgan fingerprint density at radius 3 is 2.43 bits per heavy atom. The van der Waals surface area contributed by atoms with Crippen molar-refractivity contribution in [2.24, 2.45) is 0 Å². The zero-order chi connectivity index (χ0) is 21.5. The van der Waals surface area contributed by atoms with E-state index in [1.54, 1.807) is 44.4 Å². The van der Waals surface area contributed by atoms with Crippen LogP contribution in [0.3, 0.4) is 0 Å². The molecule has 0 radical (unpaired) electrons. The molecule has 8 nitrogen and oxygen atoms in total. The molecule has 160 valence electrons. The smallest absolute Gasteiger partial charge is 0.315 e. The molecule has 30 heavy (non-hydrogen) atoms. The highest BCUT2D eigenvalue weighted by Crippen LogP contribution is 2.33. The molecule has 1 aliphatic rings. The summed E-state index contributed by atoms with van der Waals surface area (Å²) in [4.78, 5) is 26.3. The van der Waals surface area contributed by atoms with E-state index in [9.17, 15) is 9.59 Å². The van der Waals surface area contributed by atoms with Crippen molar-refractivity contribution in [1.82, 2.24) is 10.6 Å². The van der Waals surface area contributed by atoms with Crippen molar-refractivity contribution in [3.63, 3.8) is 0 Å². The molecule has 0 aliphatic carbocycles. The Hall–Kier alpha value is -3.42. The molecule has 0 aromatic heterocycles. The van der Waals surface area contributed by atoms with Crippen molar-refractivity contribution < 1.29 is 23.8 Å². The highest BCUT2D eigenvalue weighted by atomic mass is 16.5. The summed E-state index contributed by atoms with van der Waals surface area (Å²) in [5, 5.41) is 5.72. The first-order valence-electron chi connectivity index (χ1n) is 9.73. The zero-order valence-corrected chi connectivity index (χ0v) is 17.4. The molecule has 1 heterocycles. The Morgan fingerprint density at radius 2 is 1.77 bits per heavy atom. The number of nitrogens with zero attached hydrogens (tertiary/aromatic N) is 1. The minimum atomic E-state index is -0.282. The first kappa shape index (κ1) is 21.3. The van der Waals surface area contributed by atoms with Crippen LogP contribution in [0.5, 0.6) is 17.2 Å². The molecule has 0 bridgehead atoms. The maximum absolute atomic E-state index is 12.4. The van der Waals surface area contributed by atoms with Crippen LogP contribution in [0.2, 0.25) is 0 Å². The molecule has 2 aromatic carbocycles. The summed E-state index contributed by atoms with van der Waals surface area (Å²) in [6.07, 6.45) is 0.957. The molecule has 2 N–H and O–H groups in total. The Labute approximate surface area is 176 Å². The van der Waals surface area contributed by atoms with Gasteiger partial charge in [0.1, 0.15) is 5.75 Å². The monoisotopic (exact) mass is 413 g/mol. The number of methoxy groups -OCH3 is 3. The van der Waals surface area contributed by atoms with Crippen LogP contribution in [0.1, 0.15) is 12.0 Å². The van der Waals surface area contributed by atoms with Gasteiger partial charge in [0.25, 0.3) is 0 Å². The Kier molecular flexibility index (Phi) is 7.00. The number of amides is 3. The number of anilines is 1. The lowest BCUT2D eigenvalue weighted by molar-refractivity contribution is -0.117. The topological polar surface area (TPSA) is 89.1 Å². The Balaban J connectivity index is 1.49. The van der Waals surface area contributed by atoms with Gasteiger partial charge in [0.15, 0.2) is 11.5 Å². The van der Waals surface area contributed by atoms with Gasteiger partial charge in [0.05, 0.1) is 27.4 Å². The highest BCUT2D eigenvalue weighted by Gasteiger charge is 2.32. The number of ether oxygens (including phenoxy) is 3. The molecule has 0 spiro atoms. The van der Waals surface area contributed by atoms with Gasteiger partial charge in [-0.15, -0.1) is 0 Å². The van der Waals surface area contributed by atoms with E-state index in [1.165, 1.54) is 0 Å². The van der Waals surface area contributed by atoms with Crippen molar-refractivity contribution in [3.05, 3.63) is 48.0 Å². The van der Waals surface area contributed by atoms with E-state index >= 15 is 0 Å². The van der Waals surface area contributed by atoms with Crippen LogP contribution in [0.15, 0.2) is 42.5 Å². The average Bonchev–Trinajstić information content (AvgIpc) is 3.13. The lowest BCUT2D eigenvalue weighted by Crippen LogP contribution is -2.43. The minimum Gasteiger partial charge on any atom is -0.497 e. The fourth-order valence-electron chi connectivity index (χ4n) is 3.40. The third-order valence-electron chi connectivity index (χ3n) is 5.00. The number of carbonyl (C=O) groups excluding carboxylic acids is 2. The van der Waals surface area contributed by atoms with E-state index in [1.807, 2.05) is 24.3 Å². The summed E-state index contributed by atoms with van der Waals surface area (Å²) < 4.78 is 15.7. The summed E-state index contributed by atoms with van der Waals surface area (Å²) >= 11 is 0. The number of hydrogen-bond acceptors (Lipinski definition) is 5. The predicted molar refractivity (Wildman–Crippen MR) is 114 cm³/mol. The third-order valence-corrected chi connectivity index (χ3v) is 5.00. The molecule has 1 unspecified atom stereocenters. The molecule has 0 saturated carbocycles. The average molecular weight is 413 g/mol. The molecular formula is C22H27N3O5. The minimum absolute atomic E-state index is 0.0502. The number of benzene rings is 2. The first-order valence-corrected chi connectivity index (χ1v) is 9.73. The summed E-state index contributed by atoms with van der Waals surface area (Å²) in [5.74, 6) is 1.90. The van der Waals surface area contributed by atoms with Crippen LogP contribution < -0.4 is 29.7 Å². The van der Waals surface area contributed by atoms with Crippen LogP contribution in [0.25, 0.3) is 0 Å². The van der Waals surface area contributed by atoms with Gasteiger partial charge in [0.2, 0.25) is 5.91 Å². The normalized spacial score (nSPS) is 15.6. The van der Waals surface area contributed by atoms with Crippen LogP contribution in [-0.2, 0) is 11.2 Å². The van der Waals surface area contributed by atoms with Gasteiger partial charge < -0.3 is 29.7 Å². The van der Waals surface area contributed by atoms with Gasteiger partial charge in [-0.3, -0.25) is 4.79 Å². The second-order valence-corrected chi connectivity index (χ2v) is 6.94. The van der Waals surface area contributed by atoms with Crippen LogP contribution in [0, 0.1) is 0 Å². The van der Waals surface area contributed by atoms with Crippen LogP contribution >= 0.6 is 0 Å². The van der Waals surface area contributed by atoms with Crippen molar-refractivity contribution in [1.29, 1.82) is 0 Å². The molecule has 3 amide bonds. The number of hydrogen-bond donors (Lipinski definition) is 2. The van der Waals surface area contributed by atoms with Gasteiger partial charge in [-0.05, 0) is 36.2 Å². The lowest BCUT2D eigenvalue weighted by Gasteiger charge is -2.19. The Bertz CT molecular complexity index is 885. The SMILES string of the molecule is COc1ccc(CCNC(=O)NC2CC(=O)N(c3ccc(OC)c(OC)c3)C2)cc1. The number of nitrogens with one attached hydrogen (secondary N) is 2. The first-order chi connectivity index (χ1) is 14.5.